The summed E-state index contributed by atoms with van der Waals surface area (Å²) in [6, 6.07) is 5.66. The first-order valence-corrected chi connectivity index (χ1v) is 8.21. The molecule has 2 heterocycles. The van der Waals surface area contributed by atoms with E-state index in [4.69, 9.17) is 4.42 Å². The van der Waals surface area contributed by atoms with Gasteiger partial charge in [0.05, 0.1) is 0 Å². The molecule has 1 aliphatic carbocycles. The van der Waals surface area contributed by atoms with E-state index in [1.54, 1.807) is 0 Å². The Morgan fingerprint density at radius 3 is 2.62 bits per heavy atom. The number of aromatic amines is 1. The number of nitrogens with one attached hydrogen (secondary N) is 2. The molecule has 0 bridgehead atoms. The molecular weight excluding hydrogens is 294 g/mol. The number of aromatic nitrogens is 2. The lowest BCUT2D eigenvalue weighted by atomic mass is 10.3. The van der Waals surface area contributed by atoms with Gasteiger partial charge in [-0.1, -0.05) is 12.8 Å². The SMILES string of the molecule is O=c1ccc(-c2ccc(S(=O)(=O)NC3CCCC3)o2)n[nH]1. The molecule has 0 saturated heterocycles. The summed E-state index contributed by atoms with van der Waals surface area (Å²) >= 11 is 0. The smallest absolute Gasteiger partial charge is 0.274 e. The van der Waals surface area contributed by atoms with Gasteiger partial charge in [-0.15, -0.1) is 0 Å². The lowest BCUT2D eigenvalue weighted by molar-refractivity contribution is 0.449. The van der Waals surface area contributed by atoms with Gasteiger partial charge in [0, 0.05) is 12.1 Å². The van der Waals surface area contributed by atoms with Crippen LogP contribution in [0, 0.1) is 0 Å². The van der Waals surface area contributed by atoms with Crippen LogP contribution < -0.4 is 10.3 Å². The second kappa shape index (κ2) is 5.45. The Morgan fingerprint density at radius 1 is 1.19 bits per heavy atom. The van der Waals surface area contributed by atoms with Gasteiger partial charge in [0.25, 0.3) is 15.6 Å². The third-order valence-corrected chi connectivity index (χ3v) is 4.85. The van der Waals surface area contributed by atoms with Crippen LogP contribution in [-0.4, -0.2) is 24.7 Å². The van der Waals surface area contributed by atoms with Crippen LogP contribution in [-0.2, 0) is 10.0 Å². The fraction of sp³-hybridized carbons (Fsp3) is 0.385. The van der Waals surface area contributed by atoms with Crippen molar-refractivity contribution >= 4 is 10.0 Å². The summed E-state index contributed by atoms with van der Waals surface area (Å²) in [5.41, 5.74) is 0.0398. The molecule has 3 rings (SSSR count). The van der Waals surface area contributed by atoms with Crippen molar-refractivity contribution in [2.24, 2.45) is 0 Å². The van der Waals surface area contributed by atoms with Crippen LogP contribution in [0.15, 0.2) is 38.6 Å². The molecule has 21 heavy (non-hydrogen) atoms. The molecule has 1 saturated carbocycles. The number of hydrogen-bond donors (Lipinski definition) is 2. The predicted molar refractivity (Wildman–Crippen MR) is 75.1 cm³/mol. The van der Waals surface area contributed by atoms with Crippen molar-refractivity contribution in [3.05, 3.63) is 34.6 Å². The van der Waals surface area contributed by atoms with Gasteiger partial charge in [0.15, 0.2) is 5.76 Å². The van der Waals surface area contributed by atoms with Crippen LogP contribution in [0.3, 0.4) is 0 Å². The Morgan fingerprint density at radius 2 is 1.95 bits per heavy atom. The zero-order chi connectivity index (χ0) is 14.9. The topological polar surface area (TPSA) is 105 Å². The molecule has 0 atom stereocenters. The van der Waals surface area contributed by atoms with E-state index in [2.05, 4.69) is 14.9 Å². The first kappa shape index (κ1) is 14.0. The van der Waals surface area contributed by atoms with E-state index in [1.165, 1.54) is 24.3 Å². The quantitative estimate of drug-likeness (QED) is 0.884. The number of furan rings is 1. The summed E-state index contributed by atoms with van der Waals surface area (Å²) in [4.78, 5) is 11.0. The van der Waals surface area contributed by atoms with Gasteiger partial charge in [-0.3, -0.25) is 4.79 Å². The van der Waals surface area contributed by atoms with E-state index in [9.17, 15) is 13.2 Å². The summed E-state index contributed by atoms with van der Waals surface area (Å²) in [6.45, 7) is 0. The number of rotatable bonds is 4. The maximum atomic E-state index is 12.2. The van der Waals surface area contributed by atoms with Crippen molar-refractivity contribution in [2.45, 2.75) is 36.8 Å². The van der Waals surface area contributed by atoms with Crippen molar-refractivity contribution in [3.63, 3.8) is 0 Å². The van der Waals surface area contributed by atoms with E-state index in [0.29, 0.717) is 5.69 Å². The molecule has 8 heteroatoms. The van der Waals surface area contributed by atoms with E-state index in [-0.39, 0.29) is 22.5 Å². The van der Waals surface area contributed by atoms with Gasteiger partial charge < -0.3 is 4.42 Å². The predicted octanol–water partition coefficient (Wildman–Crippen LogP) is 1.25. The maximum absolute atomic E-state index is 12.2. The summed E-state index contributed by atoms with van der Waals surface area (Å²) in [6.07, 6.45) is 3.79. The molecule has 2 aromatic rings. The largest absolute Gasteiger partial charge is 0.442 e. The highest BCUT2D eigenvalue weighted by atomic mass is 32.2. The molecule has 0 radical (unpaired) electrons. The fourth-order valence-electron chi connectivity index (χ4n) is 2.41. The zero-order valence-corrected chi connectivity index (χ0v) is 12.0. The van der Waals surface area contributed by atoms with Crippen LogP contribution in [0.4, 0.5) is 0 Å². The molecule has 0 spiro atoms. The van der Waals surface area contributed by atoms with Crippen LogP contribution >= 0.6 is 0 Å². The molecule has 1 fully saturated rings. The molecule has 2 aromatic heterocycles. The molecule has 7 nitrogen and oxygen atoms in total. The van der Waals surface area contributed by atoms with E-state index in [0.717, 1.165) is 25.7 Å². The summed E-state index contributed by atoms with van der Waals surface area (Å²) < 4.78 is 32.4. The van der Waals surface area contributed by atoms with Crippen molar-refractivity contribution < 1.29 is 12.8 Å². The van der Waals surface area contributed by atoms with Gasteiger partial charge in [0.1, 0.15) is 5.69 Å². The number of nitrogens with zero attached hydrogens (tertiary/aromatic N) is 1. The summed E-state index contributed by atoms with van der Waals surface area (Å²) in [7, 11) is -3.66. The fourth-order valence-corrected chi connectivity index (χ4v) is 3.64. The normalized spacial score (nSPS) is 16.4. The van der Waals surface area contributed by atoms with Crippen molar-refractivity contribution in [1.29, 1.82) is 0 Å². The van der Waals surface area contributed by atoms with Crippen LogP contribution in [0.25, 0.3) is 11.5 Å². The number of hydrogen-bond acceptors (Lipinski definition) is 5. The minimum absolute atomic E-state index is 0.0187. The van der Waals surface area contributed by atoms with Gasteiger partial charge in [0.2, 0.25) is 5.09 Å². The molecule has 1 aliphatic rings. The number of sulfonamides is 1. The van der Waals surface area contributed by atoms with Crippen LogP contribution in [0.1, 0.15) is 25.7 Å². The maximum Gasteiger partial charge on any atom is 0.274 e. The summed E-state index contributed by atoms with van der Waals surface area (Å²) in [5, 5.41) is 5.93. The minimum atomic E-state index is -3.66. The molecule has 2 N–H and O–H groups in total. The average Bonchev–Trinajstić information content (AvgIpc) is 3.10. The third kappa shape index (κ3) is 3.06. The molecule has 0 amide bonds. The third-order valence-electron chi connectivity index (χ3n) is 3.45. The second-order valence-electron chi connectivity index (χ2n) is 5.03. The lowest BCUT2D eigenvalue weighted by Crippen LogP contribution is -2.32. The molecule has 0 aromatic carbocycles. The van der Waals surface area contributed by atoms with Crippen molar-refractivity contribution in [3.8, 4) is 11.5 Å². The van der Waals surface area contributed by atoms with Gasteiger partial charge >= 0.3 is 0 Å². The average molecular weight is 309 g/mol. The van der Waals surface area contributed by atoms with Gasteiger partial charge in [-0.25, -0.2) is 18.2 Å². The van der Waals surface area contributed by atoms with Crippen LogP contribution in [0.5, 0.6) is 0 Å². The summed E-state index contributed by atoms with van der Waals surface area (Å²) in [5.74, 6) is 0.290. The van der Waals surface area contributed by atoms with Crippen molar-refractivity contribution in [2.75, 3.05) is 0 Å². The molecule has 0 aliphatic heterocycles. The zero-order valence-electron chi connectivity index (χ0n) is 11.2. The second-order valence-corrected chi connectivity index (χ2v) is 6.67. The Labute approximate surface area is 121 Å². The Balaban J connectivity index is 1.83. The van der Waals surface area contributed by atoms with E-state index in [1.807, 2.05) is 0 Å². The van der Waals surface area contributed by atoms with Crippen molar-refractivity contribution in [1.82, 2.24) is 14.9 Å². The Hall–Kier alpha value is -1.93. The Kier molecular flexibility index (Phi) is 3.64. The van der Waals surface area contributed by atoms with Gasteiger partial charge in [-0.05, 0) is 31.0 Å². The first-order valence-electron chi connectivity index (χ1n) is 6.73. The van der Waals surface area contributed by atoms with E-state index < -0.39 is 10.0 Å². The van der Waals surface area contributed by atoms with E-state index >= 15 is 0 Å². The Bertz CT molecular complexity index is 767. The molecule has 112 valence electrons. The van der Waals surface area contributed by atoms with Crippen LogP contribution in [0.2, 0.25) is 0 Å². The lowest BCUT2D eigenvalue weighted by Gasteiger charge is -2.10. The highest BCUT2D eigenvalue weighted by Crippen LogP contribution is 2.24. The highest BCUT2D eigenvalue weighted by Gasteiger charge is 2.25. The molecular formula is C13H15N3O4S. The molecule has 0 unspecified atom stereocenters. The highest BCUT2D eigenvalue weighted by molar-refractivity contribution is 7.89. The van der Waals surface area contributed by atoms with Gasteiger partial charge in [-0.2, -0.15) is 5.10 Å². The monoisotopic (exact) mass is 309 g/mol. The first-order chi connectivity index (χ1) is 10.0. The number of H-pyrrole nitrogens is 1. The standard InChI is InChI=1S/C13H15N3O4S/c17-12-7-5-10(14-15-12)11-6-8-13(20-11)21(18,19)16-9-3-1-2-4-9/h5-9,16H,1-4H2,(H,15,17). The minimum Gasteiger partial charge on any atom is -0.442 e.